The first-order chi connectivity index (χ1) is 12.5. The van der Waals surface area contributed by atoms with Crippen LogP contribution in [-0.2, 0) is 13.0 Å². The Morgan fingerprint density at radius 1 is 1.35 bits per heavy atom. The standard InChI is InChI=1S/C20H22N4OS/c1-20(2)8-16(23-19(25)17-12-26-13-21-17)15-10-22-24(18(15)9-20)11-14-6-4-3-5-7-14/h3-7,10,12-13,16H,8-9,11H2,1-2H3,(H,23,25)/t16-/m0/s1. The van der Waals surface area contributed by atoms with E-state index in [9.17, 15) is 4.79 Å². The van der Waals surface area contributed by atoms with Gasteiger partial charge in [-0.1, -0.05) is 44.2 Å². The number of hydrogen-bond donors (Lipinski definition) is 1. The van der Waals surface area contributed by atoms with E-state index in [4.69, 9.17) is 0 Å². The van der Waals surface area contributed by atoms with Gasteiger partial charge in [0.25, 0.3) is 5.91 Å². The number of aromatic nitrogens is 3. The van der Waals surface area contributed by atoms with Crippen LogP contribution < -0.4 is 5.32 Å². The molecule has 1 amide bonds. The summed E-state index contributed by atoms with van der Waals surface area (Å²) in [7, 11) is 0. The molecule has 1 aliphatic carbocycles. The lowest BCUT2D eigenvalue weighted by atomic mass is 9.74. The molecule has 2 heterocycles. The third kappa shape index (κ3) is 3.42. The third-order valence-electron chi connectivity index (χ3n) is 4.90. The Labute approximate surface area is 157 Å². The van der Waals surface area contributed by atoms with E-state index in [0.717, 1.165) is 24.9 Å². The van der Waals surface area contributed by atoms with E-state index < -0.39 is 0 Å². The molecule has 1 N–H and O–H groups in total. The van der Waals surface area contributed by atoms with Gasteiger partial charge in [0.2, 0.25) is 0 Å². The minimum Gasteiger partial charge on any atom is -0.344 e. The van der Waals surface area contributed by atoms with Crippen LogP contribution >= 0.6 is 11.3 Å². The van der Waals surface area contributed by atoms with E-state index >= 15 is 0 Å². The lowest BCUT2D eigenvalue weighted by Crippen LogP contribution is -2.37. The number of nitrogens with zero attached hydrogens (tertiary/aromatic N) is 3. The summed E-state index contributed by atoms with van der Waals surface area (Å²) in [5.74, 6) is -0.115. The number of carbonyl (C=O) groups is 1. The molecule has 1 aromatic carbocycles. The number of fused-ring (bicyclic) bond motifs is 1. The Morgan fingerprint density at radius 3 is 2.88 bits per heavy atom. The van der Waals surface area contributed by atoms with Crippen molar-refractivity contribution in [2.45, 2.75) is 39.3 Å². The molecule has 0 saturated carbocycles. The largest absolute Gasteiger partial charge is 0.344 e. The van der Waals surface area contributed by atoms with E-state index in [-0.39, 0.29) is 17.4 Å². The molecule has 26 heavy (non-hydrogen) atoms. The van der Waals surface area contributed by atoms with Gasteiger partial charge in [0.1, 0.15) is 5.69 Å². The molecule has 0 unspecified atom stereocenters. The summed E-state index contributed by atoms with van der Waals surface area (Å²) in [5.41, 5.74) is 5.84. The summed E-state index contributed by atoms with van der Waals surface area (Å²) < 4.78 is 2.08. The van der Waals surface area contributed by atoms with Crippen LogP contribution in [0.15, 0.2) is 47.4 Å². The van der Waals surface area contributed by atoms with Gasteiger partial charge in [0.15, 0.2) is 0 Å². The van der Waals surface area contributed by atoms with Gasteiger partial charge in [-0.2, -0.15) is 5.10 Å². The van der Waals surface area contributed by atoms with Crippen molar-refractivity contribution in [3.63, 3.8) is 0 Å². The molecule has 6 heteroatoms. The number of nitrogens with one attached hydrogen (secondary N) is 1. The highest BCUT2D eigenvalue weighted by Gasteiger charge is 2.36. The Bertz CT molecular complexity index is 899. The van der Waals surface area contributed by atoms with E-state index in [1.807, 2.05) is 24.4 Å². The Morgan fingerprint density at radius 2 is 2.15 bits per heavy atom. The molecule has 0 bridgehead atoms. The molecule has 0 radical (unpaired) electrons. The molecule has 0 saturated heterocycles. The smallest absolute Gasteiger partial charge is 0.271 e. The minimum atomic E-state index is -0.115. The maximum Gasteiger partial charge on any atom is 0.271 e. The predicted octanol–water partition coefficient (Wildman–Crippen LogP) is 3.83. The van der Waals surface area contributed by atoms with Gasteiger partial charge in [0, 0.05) is 16.6 Å². The van der Waals surface area contributed by atoms with Crippen molar-refractivity contribution >= 4 is 17.2 Å². The highest BCUT2D eigenvalue weighted by Crippen LogP contribution is 2.41. The lowest BCUT2D eigenvalue weighted by molar-refractivity contribution is 0.0914. The fourth-order valence-corrected chi connectivity index (χ4v) is 4.21. The second kappa shape index (κ2) is 6.68. The van der Waals surface area contributed by atoms with Crippen LogP contribution in [-0.4, -0.2) is 20.7 Å². The lowest BCUT2D eigenvalue weighted by Gasteiger charge is -2.35. The summed E-state index contributed by atoms with van der Waals surface area (Å²) in [4.78, 5) is 16.6. The molecule has 4 rings (SSSR count). The average Bonchev–Trinajstić information content (AvgIpc) is 3.26. The number of rotatable bonds is 4. The molecule has 134 valence electrons. The van der Waals surface area contributed by atoms with Gasteiger partial charge in [-0.25, -0.2) is 4.98 Å². The molecular formula is C20H22N4OS. The van der Waals surface area contributed by atoms with Crippen LogP contribution in [0.5, 0.6) is 0 Å². The Hall–Kier alpha value is -2.47. The van der Waals surface area contributed by atoms with Gasteiger partial charge in [-0.3, -0.25) is 9.48 Å². The van der Waals surface area contributed by atoms with Gasteiger partial charge in [-0.15, -0.1) is 11.3 Å². The fraction of sp³-hybridized carbons (Fsp3) is 0.350. The van der Waals surface area contributed by atoms with Crippen molar-refractivity contribution in [3.05, 3.63) is 69.9 Å². The maximum absolute atomic E-state index is 12.5. The zero-order valence-corrected chi connectivity index (χ0v) is 15.8. The third-order valence-corrected chi connectivity index (χ3v) is 5.49. The molecule has 0 spiro atoms. The Kier molecular flexibility index (Phi) is 4.36. The van der Waals surface area contributed by atoms with Crippen molar-refractivity contribution in [3.8, 4) is 0 Å². The van der Waals surface area contributed by atoms with Gasteiger partial charge < -0.3 is 5.32 Å². The summed E-state index contributed by atoms with van der Waals surface area (Å²) in [6.45, 7) is 5.24. The minimum absolute atomic E-state index is 0.0347. The van der Waals surface area contributed by atoms with Crippen LogP contribution in [0.25, 0.3) is 0 Å². The van der Waals surface area contributed by atoms with Crippen LogP contribution in [0.3, 0.4) is 0 Å². The monoisotopic (exact) mass is 366 g/mol. The normalized spacial score (nSPS) is 18.3. The van der Waals surface area contributed by atoms with Crippen LogP contribution in [0.1, 0.15) is 53.6 Å². The molecule has 1 aliphatic rings. The first kappa shape index (κ1) is 17.0. The van der Waals surface area contributed by atoms with Crippen molar-refractivity contribution in [2.24, 2.45) is 5.41 Å². The highest BCUT2D eigenvalue weighted by atomic mass is 32.1. The number of carbonyl (C=O) groups excluding carboxylic acids is 1. The SMILES string of the molecule is CC1(C)Cc2c(cnn2Cc2ccccc2)[C@@H](NC(=O)c2cscn2)C1. The first-order valence-corrected chi connectivity index (χ1v) is 9.74. The fourth-order valence-electron chi connectivity index (χ4n) is 3.68. The first-order valence-electron chi connectivity index (χ1n) is 8.79. The molecule has 5 nitrogen and oxygen atoms in total. The maximum atomic E-state index is 12.5. The van der Waals surface area contributed by atoms with E-state index in [0.29, 0.717) is 5.69 Å². The number of thiazole rings is 1. The van der Waals surface area contributed by atoms with Crippen molar-refractivity contribution in [1.29, 1.82) is 0 Å². The molecule has 3 aromatic rings. The van der Waals surface area contributed by atoms with E-state index in [1.165, 1.54) is 22.6 Å². The van der Waals surface area contributed by atoms with Crippen LogP contribution in [0.4, 0.5) is 0 Å². The average molecular weight is 366 g/mol. The molecule has 1 atom stereocenters. The number of amides is 1. The van der Waals surface area contributed by atoms with E-state index in [1.54, 1.807) is 10.9 Å². The molecule has 0 aliphatic heterocycles. The van der Waals surface area contributed by atoms with Crippen molar-refractivity contribution in [1.82, 2.24) is 20.1 Å². The molecule has 2 aromatic heterocycles. The summed E-state index contributed by atoms with van der Waals surface area (Å²) in [6.07, 6.45) is 3.77. The van der Waals surface area contributed by atoms with Gasteiger partial charge in [-0.05, 0) is 23.8 Å². The predicted molar refractivity (Wildman–Crippen MR) is 102 cm³/mol. The van der Waals surface area contributed by atoms with Gasteiger partial charge in [0.05, 0.1) is 24.3 Å². The van der Waals surface area contributed by atoms with Crippen molar-refractivity contribution in [2.75, 3.05) is 0 Å². The quantitative estimate of drug-likeness (QED) is 0.763. The van der Waals surface area contributed by atoms with Crippen LogP contribution in [0.2, 0.25) is 0 Å². The second-order valence-electron chi connectivity index (χ2n) is 7.63. The van der Waals surface area contributed by atoms with Crippen LogP contribution in [0, 0.1) is 5.41 Å². The zero-order valence-electron chi connectivity index (χ0n) is 15.0. The van der Waals surface area contributed by atoms with Gasteiger partial charge >= 0.3 is 0 Å². The summed E-state index contributed by atoms with van der Waals surface area (Å²) in [6, 6.07) is 10.3. The number of hydrogen-bond acceptors (Lipinski definition) is 4. The number of benzene rings is 1. The Balaban J connectivity index is 1.62. The zero-order chi connectivity index (χ0) is 18.1. The topological polar surface area (TPSA) is 59.8 Å². The summed E-state index contributed by atoms with van der Waals surface area (Å²) in [5, 5.41) is 9.57. The highest BCUT2D eigenvalue weighted by molar-refractivity contribution is 7.07. The molecular weight excluding hydrogens is 344 g/mol. The van der Waals surface area contributed by atoms with Crippen molar-refractivity contribution < 1.29 is 4.79 Å². The second-order valence-corrected chi connectivity index (χ2v) is 8.35. The summed E-state index contributed by atoms with van der Waals surface area (Å²) >= 11 is 1.43. The van der Waals surface area contributed by atoms with E-state index in [2.05, 4.69) is 46.1 Å². The molecule has 0 fully saturated rings.